The van der Waals surface area contributed by atoms with Crippen LogP contribution in [0.2, 0.25) is 0 Å². The van der Waals surface area contributed by atoms with Crippen LogP contribution >= 0.6 is 11.3 Å². The van der Waals surface area contributed by atoms with Crippen molar-refractivity contribution in [2.24, 2.45) is 5.84 Å². The van der Waals surface area contributed by atoms with Crippen LogP contribution in [0.15, 0.2) is 23.6 Å². The number of nitrogens with two attached hydrogens (primary N) is 1. The van der Waals surface area contributed by atoms with Gasteiger partial charge in [-0.15, -0.1) is 11.3 Å². The molecule has 90 valence electrons. The van der Waals surface area contributed by atoms with Crippen molar-refractivity contribution in [3.63, 3.8) is 0 Å². The Hall–Kier alpha value is -1.73. The number of anilines is 2. The zero-order valence-electron chi connectivity index (χ0n) is 8.71. The maximum absolute atomic E-state index is 13.4. The number of nitrogens with one attached hydrogen (secondary N) is 2. The van der Waals surface area contributed by atoms with Crippen LogP contribution in [-0.2, 0) is 6.54 Å². The predicted molar refractivity (Wildman–Crippen MR) is 63.6 cm³/mol. The molecule has 0 aromatic carbocycles. The van der Waals surface area contributed by atoms with Crippen molar-refractivity contribution < 1.29 is 8.78 Å². The third-order valence-electron chi connectivity index (χ3n) is 2.08. The Morgan fingerprint density at radius 2 is 2.06 bits per heavy atom. The van der Waals surface area contributed by atoms with Crippen molar-refractivity contribution in [3.8, 4) is 0 Å². The second kappa shape index (κ2) is 5.07. The third kappa shape index (κ3) is 2.69. The normalized spacial score (nSPS) is 10.3. The van der Waals surface area contributed by atoms with E-state index in [2.05, 4.69) is 15.7 Å². The number of hydrazine groups is 1. The lowest BCUT2D eigenvalue weighted by atomic mass is 10.4. The first-order valence-electron chi connectivity index (χ1n) is 4.79. The first kappa shape index (κ1) is 11.7. The van der Waals surface area contributed by atoms with Gasteiger partial charge in [-0.05, 0) is 11.4 Å². The van der Waals surface area contributed by atoms with E-state index in [1.807, 2.05) is 17.5 Å². The molecule has 4 N–H and O–H groups in total. The van der Waals surface area contributed by atoms with Gasteiger partial charge in [-0.1, -0.05) is 6.07 Å². The van der Waals surface area contributed by atoms with Gasteiger partial charge in [0.2, 0.25) is 0 Å². The van der Waals surface area contributed by atoms with Crippen LogP contribution in [0.1, 0.15) is 4.88 Å². The number of thiophene rings is 1. The lowest BCUT2D eigenvalue weighted by Crippen LogP contribution is -2.13. The molecule has 0 aliphatic heterocycles. The number of hydrogen-bond acceptors (Lipinski definition) is 5. The van der Waals surface area contributed by atoms with Crippen molar-refractivity contribution in [2.75, 3.05) is 10.7 Å². The molecule has 0 saturated heterocycles. The first-order valence-corrected chi connectivity index (χ1v) is 5.67. The monoisotopic (exact) mass is 256 g/mol. The van der Waals surface area contributed by atoms with E-state index in [-0.39, 0.29) is 11.6 Å². The smallest absolute Gasteiger partial charge is 0.178 e. The van der Waals surface area contributed by atoms with E-state index in [0.717, 1.165) is 10.9 Å². The van der Waals surface area contributed by atoms with Crippen LogP contribution in [0.3, 0.4) is 0 Å². The van der Waals surface area contributed by atoms with Crippen molar-refractivity contribution in [1.82, 2.24) is 4.98 Å². The van der Waals surface area contributed by atoms with E-state index in [4.69, 9.17) is 5.84 Å². The Labute approximate surface area is 100 Å². The molecule has 2 rings (SSSR count). The summed E-state index contributed by atoms with van der Waals surface area (Å²) in [5, 5.41) is 4.69. The molecule has 0 aliphatic rings. The van der Waals surface area contributed by atoms with Crippen molar-refractivity contribution in [2.45, 2.75) is 6.54 Å². The summed E-state index contributed by atoms with van der Waals surface area (Å²) in [6.45, 7) is 0.428. The van der Waals surface area contributed by atoms with Gasteiger partial charge in [0, 0.05) is 10.9 Å². The molecule has 2 aromatic rings. The Bertz CT molecular complexity index is 501. The molecule has 17 heavy (non-hydrogen) atoms. The van der Waals surface area contributed by atoms with Crippen LogP contribution in [-0.4, -0.2) is 4.98 Å². The molecular weight excluding hydrogens is 246 g/mol. The van der Waals surface area contributed by atoms with Gasteiger partial charge >= 0.3 is 0 Å². The summed E-state index contributed by atoms with van der Waals surface area (Å²) >= 11 is 1.53. The van der Waals surface area contributed by atoms with Gasteiger partial charge in [-0.2, -0.15) is 0 Å². The highest BCUT2D eigenvalue weighted by Gasteiger charge is 2.10. The van der Waals surface area contributed by atoms with Crippen LogP contribution in [0.4, 0.5) is 20.4 Å². The topological polar surface area (TPSA) is 63.0 Å². The van der Waals surface area contributed by atoms with Crippen LogP contribution in [0, 0.1) is 11.6 Å². The zero-order chi connectivity index (χ0) is 12.3. The van der Waals surface area contributed by atoms with Crippen LogP contribution in [0.5, 0.6) is 0 Å². The predicted octanol–water partition coefficient (Wildman–Crippen LogP) is 2.32. The average molecular weight is 256 g/mol. The summed E-state index contributed by atoms with van der Waals surface area (Å²) in [6.07, 6.45) is 0. The molecule has 4 nitrogen and oxygen atoms in total. The largest absolute Gasteiger partial charge is 0.363 e. The molecule has 0 radical (unpaired) electrons. The van der Waals surface area contributed by atoms with Crippen LogP contribution in [0.25, 0.3) is 0 Å². The average Bonchev–Trinajstić information content (AvgIpc) is 2.81. The summed E-state index contributed by atoms with van der Waals surface area (Å²) in [4.78, 5) is 4.72. The molecule has 2 heterocycles. The van der Waals surface area contributed by atoms with E-state index in [1.165, 1.54) is 11.3 Å². The first-order chi connectivity index (χ1) is 8.20. The van der Waals surface area contributed by atoms with Gasteiger partial charge in [0.25, 0.3) is 0 Å². The minimum absolute atomic E-state index is 0.0345. The third-order valence-corrected chi connectivity index (χ3v) is 2.95. The Morgan fingerprint density at radius 1 is 1.29 bits per heavy atom. The lowest BCUT2D eigenvalue weighted by Gasteiger charge is -2.08. The standard InChI is InChI=1S/C10H10F2N4S/c11-7-4-8(12)10(16-13)15-9(7)14-5-6-2-1-3-17-6/h1-4H,5,13H2,(H2,14,15,16). The maximum atomic E-state index is 13.4. The summed E-state index contributed by atoms with van der Waals surface area (Å²) in [7, 11) is 0. The molecule has 0 aliphatic carbocycles. The van der Waals surface area contributed by atoms with Crippen LogP contribution < -0.4 is 16.6 Å². The van der Waals surface area contributed by atoms with E-state index < -0.39 is 11.6 Å². The second-order valence-electron chi connectivity index (χ2n) is 3.23. The number of rotatable bonds is 4. The molecule has 2 aromatic heterocycles. The lowest BCUT2D eigenvalue weighted by molar-refractivity contribution is 0.578. The molecule has 0 atom stereocenters. The number of aromatic nitrogens is 1. The fraction of sp³-hybridized carbons (Fsp3) is 0.100. The molecule has 0 bridgehead atoms. The summed E-state index contributed by atoms with van der Waals surface area (Å²) < 4.78 is 26.4. The maximum Gasteiger partial charge on any atom is 0.178 e. The summed E-state index contributed by atoms with van der Waals surface area (Å²) in [5.74, 6) is 3.25. The van der Waals surface area contributed by atoms with Gasteiger partial charge in [0.05, 0.1) is 6.54 Å². The SMILES string of the molecule is NNc1nc(NCc2cccs2)c(F)cc1F. The Morgan fingerprint density at radius 3 is 2.71 bits per heavy atom. The van der Waals surface area contributed by atoms with Gasteiger partial charge in [-0.3, -0.25) is 0 Å². The quantitative estimate of drug-likeness (QED) is 0.580. The van der Waals surface area contributed by atoms with E-state index in [1.54, 1.807) is 0 Å². The van der Waals surface area contributed by atoms with E-state index in [0.29, 0.717) is 6.54 Å². The number of pyridine rings is 1. The minimum Gasteiger partial charge on any atom is -0.363 e. The Kier molecular flexibility index (Phi) is 3.50. The van der Waals surface area contributed by atoms with Gasteiger partial charge in [0.15, 0.2) is 23.3 Å². The zero-order valence-corrected chi connectivity index (χ0v) is 9.52. The van der Waals surface area contributed by atoms with Gasteiger partial charge < -0.3 is 10.7 Å². The molecule has 0 spiro atoms. The fourth-order valence-electron chi connectivity index (χ4n) is 1.28. The van der Waals surface area contributed by atoms with E-state index >= 15 is 0 Å². The Balaban J connectivity index is 2.15. The van der Waals surface area contributed by atoms with E-state index in [9.17, 15) is 8.78 Å². The minimum atomic E-state index is -0.827. The highest BCUT2D eigenvalue weighted by molar-refractivity contribution is 7.09. The number of hydrogen-bond donors (Lipinski definition) is 3. The van der Waals surface area contributed by atoms with Crippen molar-refractivity contribution in [3.05, 3.63) is 40.1 Å². The van der Waals surface area contributed by atoms with Crippen molar-refractivity contribution >= 4 is 23.0 Å². The number of nitrogen functional groups attached to an aromatic ring is 1. The molecular formula is C10H10F2N4S. The fourth-order valence-corrected chi connectivity index (χ4v) is 1.92. The highest BCUT2D eigenvalue weighted by atomic mass is 32.1. The molecule has 0 saturated carbocycles. The van der Waals surface area contributed by atoms with Gasteiger partial charge in [0.1, 0.15) is 0 Å². The summed E-state index contributed by atoms with van der Waals surface area (Å²) in [5.41, 5.74) is 2.07. The number of nitrogens with zero attached hydrogens (tertiary/aromatic N) is 1. The van der Waals surface area contributed by atoms with Gasteiger partial charge in [-0.25, -0.2) is 19.6 Å². The molecule has 7 heteroatoms. The summed E-state index contributed by atoms with van der Waals surface area (Å²) in [6, 6.07) is 4.53. The second-order valence-corrected chi connectivity index (χ2v) is 4.26. The number of halogens is 2. The molecule has 0 fully saturated rings. The highest BCUT2D eigenvalue weighted by Crippen LogP contribution is 2.19. The van der Waals surface area contributed by atoms with Crippen molar-refractivity contribution in [1.29, 1.82) is 0 Å². The molecule has 0 unspecified atom stereocenters. The molecule has 0 amide bonds.